The van der Waals surface area contributed by atoms with Crippen LogP contribution in [0.2, 0.25) is 0 Å². The molecule has 3 N–H and O–H groups in total. The zero-order chi connectivity index (χ0) is 17.7. The Balaban J connectivity index is 1.66. The third kappa shape index (κ3) is 2.86. The van der Waals surface area contributed by atoms with Crippen LogP contribution in [0.3, 0.4) is 0 Å². The summed E-state index contributed by atoms with van der Waals surface area (Å²) in [6.45, 7) is 2.60. The summed E-state index contributed by atoms with van der Waals surface area (Å²) in [5.74, 6) is 0.178. The van der Waals surface area contributed by atoms with Crippen LogP contribution in [0.4, 0.5) is 0 Å². The van der Waals surface area contributed by atoms with Crippen molar-refractivity contribution in [2.75, 3.05) is 26.7 Å². The lowest BCUT2D eigenvalue weighted by Gasteiger charge is -2.55. The number of primary amides is 1. The normalized spacial score (nSPS) is 33.8. The number of hydrogen-bond donors (Lipinski definition) is 2. The number of carbonyl (C=O) groups excluding carboxylic acids is 1. The van der Waals surface area contributed by atoms with Gasteiger partial charge in [-0.1, -0.05) is 6.42 Å². The van der Waals surface area contributed by atoms with Crippen LogP contribution in [0, 0.1) is 11.8 Å². The van der Waals surface area contributed by atoms with Crippen LogP contribution in [0.15, 0.2) is 18.3 Å². The highest BCUT2D eigenvalue weighted by atomic mass is 16.5. The van der Waals surface area contributed by atoms with Crippen LogP contribution in [-0.4, -0.2) is 53.2 Å². The Morgan fingerprint density at radius 1 is 1.40 bits per heavy atom. The molecule has 2 bridgehead atoms. The number of piperidine rings is 1. The van der Waals surface area contributed by atoms with Crippen LogP contribution in [0.5, 0.6) is 0 Å². The van der Waals surface area contributed by atoms with Gasteiger partial charge in [0.25, 0.3) is 5.91 Å². The summed E-state index contributed by atoms with van der Waals surface area (Å²) >= 11 is 0. The maximum Gasteiger partial charge on any atom is 0.267 e. The minimum absolute atomic E-state index is 0.293. The molecular weight excluding hydrogens is 318 g/mol. The summed E-state index contributed by atoms with van der Waals surface area (Å²) in [6, 6.07) is 3.77. The summed E-state index contributed by atoms with van der Waals surface area (Å²) in [4.78, 5) is 18.1. The molecule has 3 aliphatic rings. The highest BCUT2D eigenvalue weighted by Gasteiger charge is 2.54. The number of nitrogens with two attached hydrogens (primary N) is 1. The minimum Gasteiger partial charge on any atom is -0.389 e. The van der Waals surface area contributed by atoms with Crippen LogP contribution in [0.25, 0.3) is 0 Å². The van der Waals surface area contributed by atoms with Gasteiger partial charge in [-0.25, -0.2) is 0 Å². The van der Waals surface area contributed by atoms with Crippen LogP contribution in [-0.2, 0) is 10.3 Å². The Morgan fingerprint density at radius 3 is 2.64 bits per heavy atom. The lowest BCUT2D eigenvalue weighted by atomic mass is 9.62. The van der Waals surface area contributed by atoms with Crippen molar-refractivity contribution in [1.29, 1.82) is 0 Å². The summed E-state index contributed by atoms with van der Waals surface area (Å²) in [5.41, 5.74) is 5.88. The van der Waals surface area contributed by atoms with E-state index in [9.17, 15) is 9.90 Å². The number of β-amino-alcohol motifs (C(OH)–C–C–N with tert-alkyl or cyclic N) is 1. The molecule has 1 aromatic heterocycles. The van der Waals surface area contributed by atoms with E-state index in [1.54, 1.807) is 19.4 Å². The van der Waals surface area contributed by atoms with E-state index in [0.717, 1.165) is 50.9 Å². The van der Waals surface area contributed by atoms with Crippen molar-refractivity contribution in [3.63, 3.8) is 0 Å². The van der Waals surface area contributed by atoms with Crippen LogP contribution >= 0.6 is 0 Å². The van der Waals surface area contributed by atoms with Crippen LogP contribution in [0.1, 0.15) is 48.2 Å². The minimum atomic E-state index is -0.508. The second-order valence-electron chi connectivity index (χ2n) is 8.03. The van der Waals surface area contributed by atoms with Gasteiger partial charge < -0.3 is 15.6 Å². The number of ether oxygens (including phenoxy) is 1. The lowest BCUT2D eigenvalue weighted by molar-refractivity contribution is -0.172. The zero-order valence-electron chi connectivity index (χ0n) is 14.8. The average Bonchev–Trinajstić information content (AvgIpc) is 3.31. The second kappa shape index (κ2) is 6.04. The Morgan fingerprint density at radius 2 is 2.08 bits per heavy atom. The van der Waals surface area contributed by atoms with E-state index in [4.69, 9.17) is 10.5 Å². The van der Waals surface area contributed by atoms with Gasteiger partial charge in [0, 0.05) is 44.8 Å². The van der Waals surface area contributed by atoms with E-state index in [0.29, 0.717) is 17.5 Å². The Hall–Kier alpha value is -1.50. The Bertz CT molecular complexity index is 660. The van der Waals surface area contributed by atoms with Gasteiger partial charge in [0.05, 0.1) is 5.60 Å². The van der Waals surface area contributed by atoms with E-state index in [-0.39, 0.29) is 0 Å². The standard InChI is InChI=1S/C19H27N3O3/c1-25-19(13-5-8-21-16(9-13)17(20)23)14-3-2-4-15(19)11-22(10-14)12-18(24)6-7-18/h5,8-9,14-15,24H,2-4,6-7,10-12H2,1H3,(H2,20,23)/t14-,15+,19?. The topological polar surface area (TPSA) is 88.7 Å². The van der Waals surface area contributed by atoms with Gasteiger partial charge in [-0.2, -0.15) is 0 Å². The number of aromatic nitrogens is 1. The molecule has 2 heterocycles. The second-order valence-corrected chi connectivity index (χ2v) is 8.03. The van der Waals surface area contributed by atoms with Crippen molar-refractivity contribution in [3.05, 3.63) is 29.6 Å². The van der Waals surface area contributed by atoms with E-state index in [1.165, 1.54) is 6.42 Å². The fourth-order valence-electron chi connectivity index (χ4n) is 5.10. The van der Waals surface area contributed by atoms with Crippen molar-refractivity contribution in [2.45, 2.75) is 43.3 Å². The summed E-state index contributed by atoms with van der Waals surface area (Å²) < 4.78 is 6.19. The highest BCUT2D eigenvalue weighted by molar-refractivity contribution is 5.90. The van der Waals surface area contributed by atoms with E-state index in [1.807, 2.05) is 6.07 Å². The van der Waals surface area contributed by atoms with Gasteiger partial charge >= 0.3 is 0 Å². The van der Waals surface area contributed by atoms with Gasteiger partial charge in [0.1, 0.15) is 11.3 Å². The van der Waals surface area contributed by atoms with Crippen molar-refractivity contribution in [2.24, 2.45) is 17.6 Å². The quantitative estimate of drug-likeness (QED) is 0.839. The molecule has 2 aliphatic carbocycles. The first-order chi connectivity index (χ1) is 12.0. The lowest BCUT2D eigenvalue weighted by Crippen LogP contribution is -2.60. The fraction of sp³-hybridized carbons (Fsp3) is 0.684. The molecule has 1 unspecified atom stereocenters. The molecule has 1 saturated heterocycles. The summed E-state index contributed by atoms with van der Waals surface area (Å²) in [6.07, 6.45) is 6.87. The summed E-state index contributed by atoms with van der Waals surface area (Å²) in [5, 5.41) is 10.3. The third-order valence-corrected chi connectivity index (χ3v) is 6.42. The number of aliphatic hydroxyl groups is 1. The smallest absolute Gasteiger partial charge is 0.267 e. The van der Waals surface area contributed by atoms with Gasteiger partial charge in [-0.3, -0.25) is 14.7 Å². The molecule has 1 aromatic rings. The molecule has 4 rings (SSSR count). The number of pyridine rings is 1. The first kappa shape index (κ1) is 16.9. The monoisotopic (exact) mass is 345 g/mol. The van der Waals surface area contributed by atoms with Crippen LogP contribution < -0.4 is 5.73 Å². The predicted molar refractivity (Wildman–Crippen MR) is 92.9 cm³/mol. The first-order valence-corrected chi connectivity index (χ1v) is 9.23. The SMILES string of the molecule is COC1(c2ccnc(C(N)=O)c2)[C@@H]2CCC[C@H]1CN(CC1(O)CC1)C2. The number of methoxy groups -OCH3 is 1. The molecule has 1 amide bonds. The molecule has 6 heteroatoms. The zero-order valence-corrected chi connectivity index (χ0v) is 14.8. The molecule has 3 atom stereocenters. The molecule has 136 valence electrons. The number of likely N-dealkylation sites (tertiary alicyclic amines) is 1. The highest BCUT2D eigenvalue weighted by Crippen LogP contribution is 2.52. The number of amides is 1. The van der Waals surface area contributed by atoms with Crippen molar-refractivity contribution < 1.29 is 14.6 Å². The average molecular weight is 345 g/mol. The van der Waals surface area contributed by atoms with Crippen molar-refractivity contribution >= 4 is 5.91 Å². The molecule has 0 radical (unpaired) electrons. The summed E-state index contributed by atoms with van der Waals surface area (Å²) in [7, 11) is 1.78. The molecule has 0 spiro atoms. The molecule has 2 saturated carbocycles. The van der Waals surface area contributed by atoms with E-state index < -0.39 is 17.1 Å². The molecular formula is C19H27N3O3. The first-order valence-electron chi connectivity index (χ1n) is 9.23. The number of nitrogens with zero attached hydrogens (tertiary/aromatic N) is 2. The van der Waals surface area contributed by atoms with Gasteiger partial charge in [-0.15, -0.1) is 0 Å². The van der Waals surface area contributed by atoms with Crippen molar-refractivity contribution in [3.8, 4) is 0 Å². The van der Waals surface area contributed by atoms with Gasteiger partial charge in [-0.05, 0) is 43.4 Å². The number of hydrogen-bond acceptors (Lipinski definition) is 5. The van der Waals surface area contributed by atoms with Gasteiger partial charge in [0.2, 0.25) is 0 Å². The van der Waals surface area contributed by atoms with Gasteiger partial charge in [0.15, 0.2) is 0 Å². The van der Waals surface area contributed by atoms with Crippen molar-refractivity contribution in [1.82, 2.24) is 9.88 Å². The molecule has 3 fully saturated rings. The number of rotatable bonds is 5. The molecule has 6 nitrogen and oxygen atoms in total. The maximum atomic E-state index is 11.6. The number of carbonyl (C=O) groups is 1. The largest absolute Gasteiger partial charge is 0.389 e. The number of fused-ring (bicyclic) bond motifs is 2. The Kier molecular flexibility index (Phi) is 4.09. The molecule has 0 aromatic carbocycles. The maximum absolute atomic E-state index is 11.6. The van der Waals surface area contributed by atoms with E-state index in [2.05, 4.69) is 9.88 Å². The Labute approximate surface area is 148 Å². The molecule has 25 heavy (non-hydrogen) atoms. The fourth-order valence-corrected chi connectivity index (χ4v) is 5.10. The molecule has 1 aliphatic heterocycles. The van der Waals surface area contributed by atoms with E-state index >= 15 is 0 Å². The predicted octanol–water partition coefficient (Wildman–Crippen LogP) is 1.28. The third-order valence-electron chi connectivity index (χ3n) is 6.42.